The third kappa shape index (κ3) is 4.83. The highest BCUT2D eigenvalue weighted by atomic mass is 35.5. The van der Waals surface area contributed by atoms with E-state index in [0.717, 1.165) is 5.56 Å². The zero-order valence-corrected chi connectivity index (χ0v) is 16.0. The summed E-state index contributed by atoms with van der Waals surface area (Å²) in [6.45, 7) is 1.05. The van der Waals surface area contributed by atoms with Gasteiger partial charge in [0.15, 0.2) is 0 Å². The highest BCUT2D eigenvalue weighted by Crippen LogP contribution is 2.32. The van der Waals surface area contributed by atoms with Crippen molar-refractivity contribution in [3.8, 4) is 5.75 Å². The van der Waals surface area contributed by atoms with E-state index in [4.69, 9.17) is 51.1 Å². The van der Waals surface area contributed by atoms with Crippen molar-refractivity contribution in [2.75, 3.05) is 6.61 Å². The molecule has 0 N–H and O–H groups in total. The van der Waals surface area contributed by atoms with Crippen LogP contribution in [0.15, 0.2) is 55.1 Å². The molecule has 1 unspecified atom stereocenters. The highest BCUT2D eigenvalue weighted by Gasteiger charge is 2.18. The number of nitrogens with zero attached hydrogens (tertiary/aromatic N) is 2. The Morgan fingerprint density at radius 2 is 1.68 bits per heavy atom. The summed E-state index contributed by atoms with van der Waals surface area (Å²) in [7, 11) is 0. The summed E-state index contributed by atoms with van der Waals surface area (Å²) >= 11 is 24.5. The van der Waals surface area contributed by atoms with Crippen molar-refractivity contribution in [3.05, 3.63) is 80.8 Å². The molecule has 1 aromatic heterocycles. The van der Waals surface area contributed by atoms with E-state index in [0.29, 0.717) is 39.0 Å². The van der Waals surface area contributed by atoms with Crippen molar-refractivity contribution in [1.82, 2.24) is 9.55 Å². The third-order valence-electron chi connectivity index (χ3n) is 3.73. The fourth-order valence-corrected chi connectivity index (χ4v) is 3.53. The van der Waals surface area contributed by atoms with Gasteiger partial charge in [-0.25, -0.2) is 4.98 Å². The van der Waals surface area contributed by atoms with Crippen LogP contribution in [-0.2, 0) is 6.54 Å². The molecule has 3 rings (SSSR count). The van der Waals surface area contributed by atoms with E-state index in [1.54, 1.807) is 36.8 Å². The smallest absolute Gasteiger partial charge is 0.138 e. The second-order valence-electron chi connectivity index (χ2n) is 5.51. The molecule has 2 aromatic carbocycles. The standard InChI is InChI=1S/C18H14Cl4N2O/c19-13-1-3-15(16(21)7-13)12(9-24-6-5-23-11-24)10-25-18-4-2-14(20)8-17(18)22/h1-8,11-12H,9-10H2. The molecule has 0 saturated carbocycles. The number of halogens is 4. The van der Waals surface area contributed by atoms with Crippen molar-refractivity contribution >= 4 is 46.4 Å². The van der Waals surface area contributed by atoms with Crippen molar-refractivity contribution < 1.29 is 4.74 Å². The lowest BCUT2D eigenvalue weighted by Crippen LogP contribution is -2.17. The molecule has 0 aliphatic heterocycles. The molecule has 130 valence electrons. The van der Waals surface area contributed by atoms with Gasteiger partial charge in [0, 0.05) is 39.9 Å². The Labute approximate surface area is 166 Å². The van der Waals surface area contributed by atoms with Crippen LogP contribution in [0.2, 0.25) is 20.1 Å². The van der Waals surface area contributed by atoms with Crippen LogP contribution in [0, 0.1) is 0 Å². The van der Waals surface area contributed by atoms with Crippen LogP contribution in [0.4, 0.5) is 0 Å². The molecule has 1 atom stereocenters. The van der Waals surface area contributed by atoms with Gasteiger partial charge in [0.1, 0.15) is 5.75 Å². The van der Waals surface area contributed by atoms with Crippen LogP contribution in [0.25, 0.3) is 0 Å². The first-order valence-electron chi connectivity index (χ1n) is 7.51. The zero-order chi connectivity index (χ0) is 17.8. The van der Waals surface area contributed by atoms with Crippen molar-refractivity contribution in [3.63, 3.8) is 0 Å². The van der Waals surface area contributed by atoms with Crippen LogP contribution < -0.4 is 4.74 Å². The first-order valence-corrected chi connectivity index (χ1v) is 9.02. The van der Waals surface area contributed by atoms with E-state index in [1.165, 1.54) is 0 Å². The van der Waals surface area contributed by atoms with Crippen LogP contribution in [-0.4, -0.2) is 16.2 Å². The normalized spacial score (nSPS) is 12.2. The molecule has 1 heterocycles. The number of imidazole rings is 1. The number of ether oxygens (including phenoxy) is 1. The van der Waals surface area contributed by atoms with Gasteiger partial charge in [0.2, 0.25) is 0 Å². The van der Waals surface area contributed by atoms with Gasteiger partial charge < -0.3 is 9.30 Å². The molecule has 3 aromatic rings. The Bertz CT molecular complexity index is 852. The molecule has 0 amide bonds. The Morgan fingerprint density at radius 1 is 0.960 bits per heavy atom. The summed E-state index contributed by atoms with van der Waals surface area (Å²) in [5, 5.41) is 2.23. The predicted octanol–water partition coefficient (Wildman–Crippen LogP) is 6.36. The predicted molar refractivity (Wildman–Crippen MR) is 103 cm³/mol. The fourth-order valence-electron chi connectivity index (χ4n) is 2.51. The minimum absolute atomic E-state index is 0.00860. The minimum atomic E-state index is -0.00860. The molecule has 25 heavy (non-hydrogen) atoms. The van der Waals surface area contributed by atoms with Crippen molar-refractivity contribution in [2.45, 2.75) is 12.5 Å². The first kappa shape index (κ1) is 18.4. The lowest BCUT2D eigenvalue weighted by Gasteiger charge is -2.20. The Morgan fingerprint density at radius 3 is 2.32 bits per heavy atom. The van der Waals surface area contributed by atoms with Gasteiger partial charge in [-0.1, -0.05) is 52.5 Å². The van der Waals surface area contributed by atoms with Crippen LogP contribution in [0.5, 0.6) is 5.75 Å². The van der Waals surface area contributed by atoms with E-state index in [2.05, 4.69) is 4.98 Å². The van der Waals surface area contributed by atoms with Crippen LogP contribution >= 0.6 is 46.4 Å². The number of rotatable bonds is 6. The van der Waals surface area contributed by atoms with Gasteiger partial charge in [0.05, 0.1) is 18.0 Å². The summed E-state index contributed by atoms with van der Waals surface area (Å²) in [6.07, 6.45) is 5.38. The number of benzene rings is 2. The maximum atomic E-state index is 6.39. The summed E-state index contributed by atoms with van der Waals surface area (Å²) in [5.74, 6) is 0.567. The molecule has 0 aliphatic carbocycles. The summed E-state index contributed by atoms with van der Waals surface area (Å²) < 4.78 is 7.90. The second kappa shape index (κ2) is 8.33. The largest absolute Gasteiger partial charge is 0.491 e. The highest BCUT2D eigenvalue weighted by molar-refractivity contribution is 6.35. The number of hydrogen-bond donors (Lipinski definition) is 0. The Hall–Kier alpha value is -1.39. The van der Waals surface area contributed by atoms with Crippen molar-refractivity contribution in [2.24, 2.45) is 0 Å². The summed E-state index contributed by atoms with van der Waals surface area (Å²) in [6, 6.07) is 10.6. The van der Waals surface area contributed by atoms with Crippen molar-refractivity contribution in [1.29, 1.82) is 0 Å². The molecule has 0 spiro atoms. The SMILES string of the molecule is Clc1ccc(OCC(Cn2ccnc2)c2ccc(Cl)cc2Cl)c(Cl)c1. The molecule has 0 aliphatic rings. The number of hydrogen-bond acceptors (Lipinski definition) is 2. The van der Waals surface area contributed by atoms with E-state index in [1.807, 2.05) is 22.9 Å². The zero-order valence-electron chi connectivity index (χ0n) is 13.0. The molecule has 3 nitrogen and oxygen atoms in total. The third-order valence-corrected chi connectivity index (χ3v) is 4.82. The number of aromatic nitrogens is 2. The van der Waals surface area contributed by atoms with Crippen LogP contribution in [0.3, 0.4) is 0 Å². The maximum Gasteiger partial charge on any atom is 0.138 e. The minimum Gasteiger partial charge on any atom is -0.491 e. The topological polar surface area (TPSA) is 27.1 Å². The quantitative estimate of drug-likeness (QED) is 0.468. The average molecular weight is 416 g/mol. The van der Waals surface area contributed by atoms with E-state index < -0.39 is 0 Å². The first-order chi connectivity index (χ1) is 12.0. The monoisotopic (exact) mass is 414 g/mol. The average Bonchev–Trinajstić information content (AvgIpc) is 3.06. The summed E-state index contributed by atoms with van der Waals surface area (Å²) in [5.41, 5.74) is 0.949. The van der Waals surface area contributed by atoms with Gasteiger partial charge in [-0.3, -0.25) is 0 Å². The molecular formula is C18H14Cl4N2O. The lowest BCUT2D eigenvalue weighted by atomic mass is 9.99. The van der Waals surface area contributed by atoms with Crippen LogP contribution in [0.1, 0.15) is 11.5 Å². The van der Waals surface area contributed by atoms with Gasteiger partial charge in [0.25, 0.3) is 0 Å². The molecule has 0 bridgehead atoms. The van der Waals surface area contributed by atoms with Gasteiger partial charge in [-0.2, -0.15) is 0 Å². The Balaban J connectivity index is 1.83. The second-order valence-corrected chi connectivity index (χ2v) is 7.20. The molecule has 0 saturated heterocycles. The van der Waals surface area contributed by atoms with Gasteiger partial charge in [-0.15, -0.1) is 0 Å². The molecule has 0 radical (unpaired) electrons. The molecule has 7 heteroatoms. The molecule has 0 fully saturated rings. The van der Waals surface area contributed by atoms with E-state index in [-0.39, 0.29) is 5.92 Å². The van der Waals surface area contributed by atoms with E-state index >= 15 is 0 Å². The van der Waals surface area contributed by atoms with E-state index in [9.17, 15) is 0 Å². The maximum absolute atomic E-state index is 6.39. The lowest BCUT2D eigenvalue weighted by molar-refractivity contribution is 0.275. The molecular weight excluding hydrogens is 402 g/mol. The van der Waals surface area contributed by atoms with Gasteiger partial charge in [-0.05, 0) is 35.9 Å². The fraction of sp³-hybridized carbons (Fsp3) is 0.167. The Kier molecular flexibility index (Phi) is 6.13. The summed E-state index contributed by atoms with van der Waals surface area (Å²) in [4.78, 5) is 4.08. The van der Waals surface area contributed by atoms with Gasteiger partial charge >= 0.3 is 0 Å².